The smallest absolute Gasteiger partial charge is 0.233 e. The molecule has 1 aromatic carbocycles. The fourth-order valence-electron chi connectivity index (χ4n) is 2.21. The van der Waals surface area contributed by atoms with Gasteiger partial charge >= 0.3 is 0 Å². The van der Waals surface area contributed by atoms with Gasteiger partial charge in [-0.1, -0.05) is 17.7 Å². The molecule has 1 aliphatic rings. The van der Waals surface area contributed by atoms with E-state index in [1.54, 1.807) is 4.90 Å². The molecule has 108 valence electrons. The molecule has 0 saturated carbocycles. The Labute approximate surface area is 118 Å². The van der Waals surface area contributed by atoms with E-state index >= 15 is 0 Å². The fourth-order valence-corrected chi connectivity index (χ4v) is 2.21. The van der Waals surface area contributed by atoms with Crippen molar-refractivity contribution in [3.8, 4) is 0 Å². The number of carbonyl (C=O) groups is 2. The number of anilines is 1. The summed E-state index contributed by atoms with van der Waals surface area (Å²) in [6.45, 7) is 6.16. The number of ether oxygens (including phenoxy) is 1. The molecule has 1 fully saturated rings. The Kier molecular flexibility index (Phi) is 4.74. The van der Waals surface area contributed by atoms with Gasteiger partial charge < -0.3 is 15.0 Å². The number of amides is 2. The van der Waals surface area contributed by atoms with Gasteiger partial charge in [0.05, 0.1) is 13.2 Å². The zero-order valence-electron chi connectivity index (χ0n) is 11.9. The molecule has 0 aliphatic carbocycles. The lowest BCUT2D eigenvalue weighted by atomic mass is 10.1. The first-order chi connectivity index (χ1) is 9.56. The molecule has 20 heavy (non-hydrogen) atoms. The maximum Gasteiger partial charge on any atom is 0.233 e. The molecule has 0 bridgehead atoms. The molecule has 2 rings (SSSR count). The van der Waals surface area contributed by atoms with Crippen molar-refractivity contribution in [3.63, 3.8) is 0 Å². The van der Waals surface area contributed by atoms with Crippen LogP contribution in [0.25, 0.3) is 0 Å². The van der Waals surface area contributed by atoms with Gasteiger partial charge in [0, 0.05) is 18.8 Å². The quantitative estimate of drug-likeness (QED) is 0.851. The zero-order valence-corrected chi connectivity index (χ0v) is 11.9. The largest absolute Gasteiger partial charge is 0.378 e. The third-order valence-electron chi connectivity index (χ3n) is 3.33. The minimum Gasteiger partial charge on any atom is -0.378 e. The molecule has 1 heterocycles. The van der Waals surface area contributed by atoms with Crippen molar-refractivity contribution >= 4 is 17.5 Å². The molecule has 2 amide bonds. The van der Waals surface area contributed by atoms with Crippen LogP contribution in [0, 0.1) is 13.8 Å². The molecular formula is C15H20N2O3. The molecule has 1 aliphatic heterocycles. The second-order valence-electron chi connectivity index (χ2n) is 5.04. The second kappa shape index (κ2) is 6.52. The van der Waals surface area contributed by atoms with Gasteiger partial charge in [-0.15, -0.1) is 0 Å². The SMILES string of the molecule is Cc1ccc(NC(=O)CC(=O)N2CCOCC2)c(C)c1. The van der Waals surface area contributed by atoms with Crippen molar-refractivity contribution in [2.45, 2.75) is 20.3 Å². The Bertz CT molecular complexity index is 508. The zero-order chi connectivity index (χ0) is 14.5. The van der Waals surface area contributed by atoms with E-state index in [0.29, 0.717) is 26.3 Å². The summed E-state index contributed by atoms with van der Waals surface area (Å²) in [7, 11) is 0. The molecule has 1 N–H and O–H groups in total. The normalized spacial score (nSPS) is 15.0. The highest BCUT2D eigenvalue weighted by Crippen LogP contribution is 2.16. The van der Waals surface area contributed by atoms with E-state index in [1.807, 2.05) is 32.0 Å². The van der Waals surface area contributed by atoms with Crippen LogP contribution in [0.2, 0.25) is 0 Å². The number of rotatable bonds is 3. The molecule has 0 spiro atoms. The minimum absolute atomic E-state index is 0.118. The number of carbonyl (C=O) groups excluding carboxylic acids is 2. The van der Waals surface area contributed by atoms with Gasteiger partial charge in [-0.05, 0) is 25.5 Å². The van der Waals surface area contributed by atoms with E-state index in [1.165, 1.54) is 0 Å². The molecule has 0 unspecified atom stereocenters. The number of nitrogens with zero attached hydrogens (tertiary/aromatic N) is 1. The first kappa shape index (κ1) is 14.5. The summed E-state index contributed by atoms with van der Waals surface area (Å²) < 4.78 is 5.18. The monoisotopic (exact) mass is 276 g/mol. The van der Waals surface area contributed by atoms with Crippen LogP contribution < -0.4 is 5.32 Å². The highest BCUT2D eigenvalue weighted by atomic mass is 16.5. The third kappa shape index (κ3) is 3.81. The number of aryl methyl sites for hydroxylation is 2. The summed E-state index contributed by atoms with van der Waals surface area (Å²) in [5.74, 6) is -0.413. The van der Waals surface area contributed by atoms with Crippen molar-refractivity contribution in [2.75, 3.05) is 31.6 Å². The molecule has 0 radical (unpaired) electrons. The molecular weight excluding hydrogens is 256 g/mol. The minimum atomic E-state index is -0.270. The van der Waals surface area contributed by atoms with Crippen LogP contribution in [-0.2, 0) is 14.3 Å². The Morgan fingerprint density at radius 3 is 2.60 bits per heavy atom. The van der Waals surface area contributed by atoms with Gasteiger partial charge in [0.2, 0.25) is 11.8 Å². The molecule has 5 nitrogen and oxygen atoms in total. The van der Waals surface area contributed by atoms with E-state index in [0.717, 1.165) is 16.8 Å². The van der Waals surface area contributed by atoms with Crippen molar-refractivity contribution in [1.82, 2.24) is 4.90 Å². The highest BCUT2D eigenvalue weighted by molar-refractivity contribution is 6.03. The van der Waals surface area contributed by atoms with E-state index in [-0.39, 0.29) is 18.2 Å². The Morgan fingerprint density at radius 1 is 1.25 bits per heavy atom. The summed E-state index contributed by atoms with van der Waals surface area (Å²) in [6.07, 6.45) is -0.118. The number of benzene rings is 1. The lowest BCUT2D eigenvalue weighted by molar-refractivity contribution is -0.138. The van der Waals surface area contributed by atoms with Crippen LogP contribution in [0.5, 0.6) is 0 Å². The average molecular weight is 276 g/mol. The third-order valence-corrected chi connectivity index (χ3v) is 3.33. The lowest BCUT2D eigenvalue weighted by Crippen LogP contribution is -2.41. The van der Waals surface area contributed by atoms with Gasteiger partial charge in [-0.3, -0.25) is 9.59 Å². The average Bonchev–Trinajstić information content (AvgIpc) is 2.43. The number of nitrogens with one attached hydrogen (secondary N) is 1. The molecule has 1 saturated heterocycles. The highest BCUT2D eigenvalue weighted by Gasteiger charge is 2.19. The number of hydrogen-bond acceptors (Lipinski definition) is 3. The first-order valence-corrected chi connectivity index (χ1v) is 6.79. The van der Waals surface area contributed by atoms with Crippen LogP contribution in [0.1, 0.15) is 17.5 Å². The van der Waals surface area contributed by atoms with Gasteiger partial charge in [0.1, 0.15) is 6.42 Å². The fraction of sp³-hybridized carbons (Fsp3) is 0.467. The Hall–Kier alpha value is -1.88. The standard InChI is InChI=1S/C15H20N2O3/c1-11-3-4-13(12(2)9-11)16-14(18)10-15(19)17-5-7-20-8-6-17/h3-4,9H,5-8,10H2,1-2H3,(H,16,18). The number of hydrogen-bond donors (Lipinski definition) is 1. The van der Waals surface area contributed by atoms with Crippen LogP contribution in [0.15, 0.2) is 18.2 Å². The molecule has 0 atom stereocenters. The van der Waals surface area contributed by atoms with Crippen LogP contribution in [0.3, 0.4) is 0 Å². The number of morpholine rings is 1. The van der Waals surface area contributed by atoms with Crippen molar-refractivity contribution in [3.05, 3.63) is 29.3 Å². The van der Waals surface area contributed by atoms with Gasteiger partial charge in [0.25, 0.3) is 0 Å². The summed E-state index contributed by atoms with van der Waals surface area (Å²) in [4.78, 5) is 25.5. The van der Waals surface area contributed by atoms with E-state index in [4.69, 9.17) is 4.74 Å². The van der Waals surface area contributed by atoms with Crippen molar-refractivity contribution < 1.29 is 14.3 Å². The summed E-state index contributed by atoms with van der Waals surface area (Å²) in [5.41, 5.74) is 2.90. The van der Waals surface area contributed by atoms with Crippen molar-refractivity contribution in [1.29, 1.82) is 0 Å². The van der Waals surface area contributed by atoms with E-state index < -0.39 is 0 Å². The maximum absolute atomic E-state index is 11.9. The van der Waals surface area contributed by atoms with E-state index in [9.17, 15) is 9.59 Å². The van der Waals surface area contributed by atoms with Gasteiger partial charge in [0.15, 0.2) is 0 Å². The van der Waals surface area contributed by atoms with Crippen LogP contribution in [-0.4, -0.2) is 43.0 Å². The topological polar surface area (TPSA) is 58.6 Å². The predicted octanol–water partition coefficient (Wildman–Crippen LogP) is 1.49. The Balaban J connectivity index is 1.90. The maximum atomic E-state index is 11.9. The van der Waals surface area contributed by atoms with Gasteiger partial charge in [-0.2, -0.15) is 0 Å². The second-order valence-corrected chi connectivity index (χ2v) is 5.04. The van der Waals surface area contributed by atoms with Crippen molar-refractivity contribution in [2.24, 2.45) is 0 Å². The summed E-state index contributed by atoms with van der Waals surface area (Å²) in [6, 6.07) is 5.80. The van der Waals surface area contributed by atoms with Crippen LogP contribution in [0.4, 0.5) is 5.69 Å². The van der Waals surface area contributed by atoms with Gasteiger partial charge in [-0.25, -0.2) is 0 Å². The van der Waals surface area contributed by atoms with E-state index in [2.05, 4.69) is 5.32 Å². The molecule has 0 aromatic heterocycles. The van der Waals surface area contributed by atoms with Crippen LogP contribution >= 0.6 is 0 Å². The Morgan fingerprint density at radius 2 is 1.95 bits per heavy atom. The molecule has 5 heteroatoms. The summed E-state index contributed by atoms with van der Waals surface area (Å²) >= 11 is 0. The lowest BCUT2D eigenvalue weighted by Gasteiger charge is -2.26. The summed E-state index contributed by atoms with van der Waals surface area (Å²) in [5, 5.41) is 2.79. The predicted molar refractivity (Wildman–Crippen MR) is 76.6 cm³/mol. The molecule has 1 aromatic rings. The first-order valence-electron chi connectivity index (χ1n) is 6.79.